The molecule has 0 saturated heterocycles. The largest absolute Gasteiger partial charge is 0.274 e. The lowest BCUT2D eigenvalue weighted by molar-refractivity contribution is 0.557. The zero-order chi connectivity index (χ0) is 11.5. The number of hydrogen-bond donors (Lipinski definition) is 1. The molecular formula is C8H14BrN3O2S. The summed E-state index contributed by atoms with van der Waals surface area (Å²) in [6.07, 6.45) is 3.56. The molecule has 1 unspecified atom stereocenters. The summed E-state index contributed by atoms with van der Waals surface area (Å²) in [7, 11) is -1.73. The minimum absolute atomic E-state index is 0.0884. The van der Waals surface area contributed by atoms with Crippen LogP contribution in [0.2, 0.25) is 0 Å². The van der Waals surface area contributed by atoms with Gasteiger partial charge < -0.3 is 0 Å². The van der Waals surface area contributed by atoms with Crippen molar-refractivity contribution in [3.8, 4) is 0 Å². The van der Waals surface area contributed by atoms with Crippen LogP contribution in [0, 0.1) is 0 Å². The van der Waals surface area contributed by atoms with Gasteiger partial charge in [-0.05, 0) is 13.3 Å². The lowest BCUT2D eigenvalue weighted by Crippen LogP contribution is -2.32. The van der Waals surface area contributed by atoms with Crippen LogP contribution in [-0.4, -0.2) is 29.6 Å². The van der Waals surface area contributed by atoms with Gasteiger partial charge in [0.05, 0.1) is 6.20 Å². The molecule has 0 saturated carbocycles. The number of alkyl halides is 1. The van der Waals surface area contributed by atoms with Crippen LogP contribution < -0.4 is 4.72 Å². The molecule has 1 aromatic rings. The Bertz CT molecular complexity index is 415. The Morgan fingerprint density at radius 3 is 2.80 bits per heavy atom. The fourth-order valence-electron chi connectivity index (χ4n) is 1.09. The highest BCUT2D eigenvalue weighted by Crippen LogP contribution is 2.08. The van der Waals surface area contributed by atoms with E-state index in [1.807, 2.05) is 6.92 Å². The molecular weight excluding hydrogens is 282 g/mol. The molecule has 1 heterocycles. The first-order valence-corrected chi connectivity index (χ1v) is 7.13. The van der Waals surface area contributed by atoms with Crippen LogP contribution in [0.1, 0.15) is 13.3 Å². The molecule has 0 aromatic carbocycles. The van der Waals surface area contributed by atoms with Gasteiger partial charge in [0, 0.05) is 24.6 Å². The van der Waals surface area contributed by atoms with Gasteiger partial charge in [-0.1, -0.05) is 15.9 Å². The molecule has 0 bridgehead atoms. The van der Waals surface area contributed by atoms with Gasteiger partial charge in [0.1, 0.15) is 4.90 Å². The summed E-state index contributed by atoms with van der Waals surface area (Å²) in [6.45, 7) is 1.83. The smallest absolute Gasteiger partial charge is 0.243 e. The topological polar surface area (TPSA) is 64.0 Å². The molecule has 0 radical (unpaired) electrons. The fraction of sp³-hybridized carbons (Fsp3) is 0.625. The van der Waals surface area contributed by atoms with Crippen LogP contribution in [0.4, 0.5) is 0 Å². The number of aromatic nitrogens is 2. The third-order valence-electron chi connectivity index (χ3n) is 1.89. The number of nitrogens with one attached hydrogen (secondary N) is 1. The molecule has 15 heavy (non-hydrogen) atoms. The van der Waals surface area contributed by atoms with Gasteiger partial charge >= 0.3 is 0 Å². The van der Waals surface area contributed by atoms with E-state index in [1.165, 1.54) is 17.1 Å². The summed E-state index contributed by atoms with van der Waals surface area (Å²) < 4.78 is 27.5. The van der Waals surface area contributed by atoms with Crippen LogP contribution in [0.25, 0.3) is 0 Å². The van der Waals surface area contributed by atoms with Crippen molar-refractivity contribution in [2.24, 2.45) is 7.05 Å². The maximum absolute atomic E-state index is 11.8. The molecule has 1 N–H and O–H groups in total. The molecule has 0 spiro atoms. The second kappa shape index (κ2) is 5.09. The highest BCUT2D eigenvalue weighted by atomic mass is 79.9. The highest BCUT2D eigenvalue weighted by Gasteiger charge is 2.18. The molecule has 86 valence electrons. The maximum atomic E-state index is 11.8. The van der Waals surface area contributed by atoms with Gasteiger partial charge in [-0.2, -0.15) is 5.10 Å². The highest BCUT2D eigenvalue weighted by molar-refractivity contribution is 9.09. The van der Waals surface area contributed by atoms with E-state index in [0.29, 0.717) is 0 Å². The van der Waals surface area contributed by atoms with Crippen molar-refractivity contribution >= 4 is 26.0 Å². The van der Waals surface area contributed by atoms with Gasteiger partial charge in [0.25, 0.3) is 0 Å². The molecule has 0 amide bonds. The third-order valence-corrected chi connectivity index (χ3v) is 3.89. The Kier molecular flexibility index (Phi) is 4.30. The van der Waals surface area contributed by atoms with Crippen LogP contribution in [0.5, 0.6) is 0 Å². The predicted molar refractivity (Wildman–Crippen MR) is 61.4 cm³/mol. The third kappa shape index (κ3) is 3.58. The summed E-state index contributed by atoms with van der Waals surface area (Å²) in [5.74, 6) is 0. The number of halogens is 1. The summed E-state index contributed by atoms with van der Waals surface area (Å²) in [5, 5.41) is 4.59. The van der Waals surface area contributed by atoms with Crippen LogP contribution in [0.15, 0.2) is 17.3 Å². The minimum atomic E-state index is -3.42. The summed E-state index contributed by atoms with van der Waals surface area (Å²) in [5.41, 5.74) is 0. The average Bonchev–Trinajstić information content (AvgIpc) is 2.51. The summed E-state index contributed by atoms with van der Waals surface area (Å²) in [6, 6.07) is -0.0884. The van der Waals surface area contributed by atoms with Gasteiger partial charge in [-0.3, -0.25) is 4.68 Å². The summed E-state index contributed by atoms with van der Waals surface area (Å²) in [4.78, 5) is 0.200. The standard InChI is InChI=1S/C8H14BrN3O2S/c1-7(3-4-9)11-15(13,14)8-5-10-12(2)6-8/h5-7,11H,3-4H2,1-2H3. The van der Waals surface area contributed by atoms with E-state index in [2.05, 4.69) is 25.8 Å². The lowest BCUT2D eigenvalue weighted by Gasteiger charge is -2.11. The van der Waals surface area contributed by atoms with Gasteiger partial charge in [0.2, 0.25) is 10.0 Å². The van der Waals surface area contributed by atoms with Gasteiger partial charge in [-0.25, -0.2) is 13.1 Å². The molecule has 1 aromatic heterocycles. The predicted octanol–water partition coefficient (Wildman–Crippen LogP) is 0.872. The van der Waals surface area contributed by atoms with Crippen molar-refractivity contribution in [1.82, 2.24) is 14.5 Å². The van der Waals surface area contributed by atoms with E-state index in [0.717, 1.165) is 11.8 Å². The zero-order valence-corrected chi connectivity index (χ0v) is 11.0. The average molecular weight is 296 g/mol. The number of nitrogens with zero attached hydrogens (tertiary/aromatic N) is 2. The number of hydrogen-bond acceptors (Lipinski definition) is 3. The number of sulfonamides is 1. The molecule has 0 aliphatic rings. The quantitative estimate of drug-likeness (QED) is 0.820. The second-order valence-corrected chi connectivity index (χ2v) is 5.86. The first kappa shape index (κ1) is 12.7. The molecule has 7 heteroatoms. The monoisotopic (exact) mass is 295 g/mol. The molecule has 0 aliphatic carbocycles. The van der Waals surface area contributed by atoms with E-state index >= 15 is 0 Å². The zero-order valence-electron chi connectivity index (χ0n) is 8.64. The Morgan fingerprint density at radius 1 is 1.67 bits per heavy atom. The number of aryl methyl sites for hydroxylation is 1. The van der Waals surface area contributed by atoms with E-state index in [1.54, 1.807) is 7.05 Å². The lowest BCUT2D eigenvalue weighted by atomic mass is 10.3. The molecule has 0 fully saturated rings. The molecule has 1 atom stereocenters. The molecule has 5 nitrogen and oxygen atoms in total. The van der Waals surface area contributed by atoms with Crippen molar-refractivity contribution in [2.45, 2.75) is 24.3 Å². The second-order valence-electron chi connectivity index (χ2n) is 3.35. The van der Waals surface area contributed by atoms with E-state index < -0.39 is 10.0 Å². The normalized spacial score (nSPS) is 14.1. The molecule has 0 aliphatic heterocycles. The van der Waals surface area contributed by atoms with Gasteiger partial charge in [0.15, 0.2) is 0 Å². The van der Waals surface area contributed by atoms with Crippen LogP contribution >= 0.6 is 15.9 Å². The Balaban J connectivity index is 2.76. The first-order valence-electron chi connectivity index (χ1n) is 4.52. The van der Waals surface area contributed by atoms with Crippen molar-refractivity contribution in [2.75, 3.05) is 5.33 Å². The Morgan fingerprint density at radius 2 is 2.33 bits per heavy atom. The van der Waals surface area contributed by atoms with Gasteiger partial charge in [-0.15, -0.1) is 0 Å². The fourth-order valence-corrected chi connectivity index (χ4v) is 3.04. The SMILES string of the molecule is CC(CCBr)NS(=O)(=O)c1cnn(C)c1. The number of rotatable bonds is 5. The van der Waals surface area contributed by atoms with Crippen LogP contribution in [-0.2, 0) is 17.1 Å². The van der Waals surface area contributed by atoms with Crippen molar-refractivity contribution in [3.63, 3.8) is 0 Å². The Hall–Kier alpha value is -0.400. The minimum Gasteiger partial charge on any atom is -0.274 e. The van der Waals surface area contributed by atoms with E-state index in [4.69, 9.17) is 0 Å². The van der Waals surface area contributed by atoms with E-state index in [9.17, 15) is 8.42 Å². The van der Waals surface area contributed by atoms with Crippen LogP contribution in [0.3, 0.4) is 0 Å². The van der Waals surface area contributed by atoms with Crippen molar-refractivity contribution in [1.29, 1.82) is 0 Å². The summed E-state index contributed by atoms with van der Waals surface area (Å²) >= 11 is 3.27. The molecule has 1 rings (SSSR count). The van der Waals surface area contributed by atoms with Crippen molar-refractivity contribution in [3.05, 3.63) is 12.4 Å². The maximum Gasteiger partial charge on any atom is 0.243 e. The van der Waals surface area contributed by atoms with E-state index in [-0.39, 0.29) is 10.9 Å². The first-order chi connectivity index (χ1) is 6.95. The van der Waals surface area contributed by atoms with Crippen molar-refractivity contribution < 1.29 is 8.42 Å². The Labute approximate surface area is 98.0 Å².